The molecule has 4 rings (SSSR count). The first-order valence-electron chi connectivity index (χ1n) is 8.77. The molecule has 0 saturated heterocycles. The average Bonchev–Trinajstić information content (AvgIpc) is 3.16. The minimum atomic E-state index is 1.06. The van der Waals surface area contributed by atoms with Crippen LogP contribution < -0.4 is 0 Å². The van der Waals surface area contributed by atoms with Crippen LogP contribution in [0.3, 0.4) is 0 Å². The van der Waals surface area contributed by atoms with Crippen LogP contribution in [0.4, 0.5) is 0 Å². The van der Waals surface area contributed by atoms with Gasteiger partial charge in [-0.2, -0.15) is 0 Å². The Morgan fingerprint density at radius 3 is 1.39 bits per heavy atom. The van der Waals surface area contributed by atoms with E-state index >= 15 is 0 Å². The van der Waals surface area contributed by atoms with E-state index in [1.165, 1.54) is 23.7 Å². The Kier molecular flexibility index (Phi) is 4.44. The third kappa shape index (κ3) is 1.78. The lowest BCUT2D eigenvalue weighted by Gasteiger charge is -2.41. The fourth-order valence-electron chi connectivity index (χ4n) is 6.19. The van der Waals surface area contributed by atoms with Crippen molar-refractivity contribution in [2.24, 2.45) is 47.3 Å². The first-order valence-corrected chi connectivity index (χ1v) is 8.77. The molecule has 4 bridgehead atoms. The lowest BCUT2D eigenvalue weighted by atomic mass is 9.64. The van der Waals surface area contributed by atoms with Crippen LogP contribution in [-0.4, -0.2) is 0 Å². The number of fused-ring (bicyclic) bond motifs is 9. The summed E-state index contributed by atoms with van der Waals surface area (Å²) >= 11 is 0. The molecule has 0 aromatic heterocycles. The Morgan fingerprint density at radius 2 is 1.00 bits per heavy atom. The van der Waals surface area contributed by atoms with E-state index < -0.39 is 0 Å². The van der Waals surface area contributed by atoms with Gasteiger partial charge in [-0.25, -0.2) is 0 Å². The minimum absolute atomic E-state index is 1.06. The maximum absolute atomic E-state index is 2.54. The fourth-order valence-corrected chi connectivity index (χ4v) is 6.19. The highest BCUT2D eigenvalue weighted by molar-refractivity contribution is 5.11. The van der Waals surface area contributed by atoms with Gasteiger partial charge in [0, 0.05) is 0 Å². The van der Waals surface area contributed by atoms with E-state index in [2.05, 4.69) is 13.8 Å². The molecule has 4 fully saturated rings. The Morgan fingerprint density at radius 1 is 0.611 bits per heavy atom. The molecule has 8 unspecified atom stereocenters. The van der Waals surface area contributed by atoms with Gasteiger partial charge in [-0.15, -0.1) is 0 Å². The Labute approximate surface area is 115 Å². The summed E-state index contributed by atoms with van der Waals surface area (Å²) in [5.41, 5.74) is 0. The van der Waals surface area contributed by atoms with Gasteiger partial charge in [-0.05, 0) is 73.0 Å². The highest BCUT2D eigenvalue weighted by Gasteiger charge is 2.63. The van der Waals surface area contributed by atoms with E-state index in [1.807, 2.05) is 27.7 Å². The van der Waals surface area contributed by atoms with Crippen LogP contribution >= 0.6 is 0 Å². The summed E-state index contributed by atoms with van der Waals surface area (Å²) in [6, 6.07) is 0. The van der Waals surface area contributed by atoms with Crippen LogP contribution in [0.25, 0.3) is 0 Å². The van der Waals surface area contributed by atoms with Gasteiger partial charge >= 0.3 is 0 Å². The van der Waals surface area contributed by atoms with Crippen molar-refractivity contribution < 1.29 is 0 Å². The number of rotatable bonds is 0. The van der Waals surface area contributed by atoms with Gasteiger partial charge in [-0.3, -0.25) is 0 Å². The molecule has 0 aromatic rings. The van der Waals surface area contributed by atoms with Gasteiger partial charge < -0.3 is 0 Å². The van der Waals surface area contributed by atoms with Crippen molar-refractivity contribution in [3.8, 4) is 0 Å². The summed E-state index contributed by atoms with van der Waals surface area (Å²) in [4.78, 5) is 0. The maximum Gasteiger partial charge on any atom is -0.0321 e. The molecule has 0 heteroatoms. The Balaban J connectivity index is 0.000000277. The van der Waals surface area contributed by atoms with Gasteiger partial charge in [0.05, 0.1) is 0 Å². The molecule has 0 heterocycles. The summed E-state index contributed by atoms with van der Waals surface area (Å²) in [6.45, 7) is 13.1. The molecule has 18 heavy (non-hydrogen) atoms. The van der Waals surface area contributed by atoms with Crippen molar-refractivity contribution in [1.29, 1.82) is 0 Å². The van der Waals surface area contributed by atoms with Crippen LogP contribution in [0.2, 0.25) is 0 Å². The van der Waals surface area contributed by atoms with E-state index in [-0.39, 0.29) is 0 Å². The summed E-state index contributed by atoms with van der Waals surface area (Å²) in [6.07, 6.45) is 6.43. The van der Waals surface area contributed by atoms with Crippen molar-refractivity contribution in [1.82, 2.24) is 0 Å². The van der Waals surface area contributed by atoms with E-state index in [1.54, 1.807) is 25.7 Å². The number of hydrogen-bond donors (Lipinski definition) is 0. The standard InChI is InChI=1S/C14H22.2C2H6/c1-7-8(2)12-6-11(7)13-9-3-4-10(5-9)14(12)13;2*1-2/h7-14H,3-6H2,1-2H3;2*1-2H3. The highest BCUT2D eigenvalue weighted by atomic mass is 14.7. The van der Waals surface area contributed by atoms with E-state index in [0.717, 1.165) is 23.7 Å². The highest BCUT2D eigenvalue weighted by Crippen LogP contribution is 2.70. The molecule has 0 aliphatic heterocycles. The van der Waals surface area contributed by atoms with Crippen molar-refractivity contribution in [3.63, 3.8) is 0 Å². The summed E-state index contributed by atoms with van der Waals surface area (Å²) in [5, 5.41) is 0. The zero-order valence-corrected chi connectivity index (χ0v) is 13.4. The van der Waals surface area contributed by atoms with Crippen molar-refractivity contribution in [3.05, 3.63) is 0 Å². The second kappa shape index (κ2) is 5.55. The minimum Gasteiger partial charge on any atom is -0.0683 e. The predicted octanol–water partition coefficient (Wildman–Crippen LogP) is 5.62. The third-order valence-electron chi connectivity index (χ3n) is 6.76. The summed E-state index contributed by atoms with van der Waals surface area (Å²) in [7, 11) is 0. The smallest absolute Gasteiger partial charge is 0.0321 e. The molecule has 0 N–H and O–H groups in total. The SMILES string of the molecule is CC.CC.CC1C(C)C2CC1C1C3CCC(C3)C21. The Bertz CT molecular complexity index is 243. The van der Waals surface area contributed by atoms with Gasteiger partial charge in [-0.1, -0.05) is 41.5 Å². The van der Waals surface area contributed by atoms with Gasteiger partial charge in [0.25, 0.3) is 0 Å². The molecule has 0 radical (unpaired) electrons. The van der Waals surface area contributed by atoms with Gasteiger partial charge in [0.1, 0.15) is 0 Å². The summed E-state index contributed by atoms with van der Waals surface area (Å²) < 4.78 is 0. The van der Waals surface area contributed by atoms with E-state index in [4.69, 9.17) is 0 Å². The van der Waals surface area contributed by atoms with E-state index in [0.29, 0.717) is 0 Å². The van der Waals surface area contributed by atoms with Crippen LogP contribution in [0.1, 0.15) is 67.2 Å². The largest absolute Gasteiger partial charge is 0.0683 e. The molecule has 4 aliphatic rings. The van der Waals surface area contributed by atoms with E-state index in [9.17, 15) is 0 Å². The third-order valence-corrected chi connectivity index (χ3v) is 6.76. The van der Waals surface area contributed by atoms with Crippen LogP contribution in [-0.2, 0) is 0 Å². The first-order chi connectivity index (χ1) is 8.77. The lowest BCUT2D eigenvalue weighted by Crippen LogP contribution is -2.35. The monoisotopic (exact) mass is 250 g/mol. The Hall–Kier alpha value is 0. The molecular weight excluding hydrogens is 216 g/mol. The van der Waals surface area contributed by atoms with Gasteiger partial charge in [0.15, 0.2) is 0 Å². The summed E-state index contributed by atoms with van der Waals surface area (Å²) in [5.74, 6) is 9.16. The van der Waals surface area contributed by atoms with Crippen LogP contribution in [0, 0.1) is 47.3 Å². The molecule has 106 valence electrons. The molecule has 0 nitrogen and oxygen atoms in total. The predicted molar refractivity (Wildman–Crippen MR) is 80.4 cm³/mol. The quantitative estimate of drug-likeness (QED) is 0.489. The molecule has 0 spiro atoms. The zero-order valence-electron chi connectivity index (χ0n) is 13.4. The second-order valence-electron chi connectivity index (χ2n) is 6.77. The van der Waals surface area contributed by atoms with Crippen molar-refractivity contribution in [2.45, 2.75) is 67.2 Å². The molecular formula is C18H34. The topological polar surface area (TPSA) is 0 Å². The normalized spacial score (nSPS) is 54.3. The molecule has 8 atom stereocenters. The number of hydrogen-bond acceptors (Lipinski definition) is 0. The van der Waals surface area contributed by atoms with Gasteiger partial charge in [0.2, 0.25) is 0 Å². The fraction of sp³-hybridized carbons (Fsp3) is 1.00. The molecule has 4 aliphatic carbocycles. The average molecular weight is 250 g/mol. The lowest BCUT2D eigenvalue weighted by molar-refractivity contribution is 0.0716. The van der Waals surface area contributed by atoms with Crippen molar-refractivity contribution in [2.75, 3.05) is 0 Å². The van der Waals surface area contributed by atoms with Crippen molar-refractivity contribution >= 4 is 0 Å². The molecule has 4 saturated carbocycles. The molecule has 0 aromatic carbocycles. The maximum atomic E-state index is 2.54. The van der Waals surface area contributed by atoms with Crippen LogP contribution in [0.15, 0.2) is 0 Å². The molecule has 0 amide bonds. The first kappa shape index (κ1) is 14.4. The zero-order chi connectivity index (χ0) is 13.4. The second-order valence-corrected chi connectivity index (χ2v) is 6.77. The van der Waals surface area contributed by atoms with Crippen LogP contribution in [0.5, 0.6) is 0 Å².